The largest absolute Gasteiger partial charge is 0.453 e. The second kappa shape index (κ2) is 11.2. The standard InChI is InChI=1S/C27H25F9N2O4/c1-3-42-24(40)38-21-7-6-16(25(28,29)30)11-19(21)20(22(38)15-4-5-15)13-37(23(39)41-2)12-14-8-17(26(31,32)33)10-18(9-14)27(34,35)36/h6-11,15,20,22H,3-5,12-13H2,1-2H3/t20-,22+/m0/s1. The molecule has 230 valence electrons. The summed E-state index contributed by atoms with van der Waals surface area (Å²) < 4.78 is 131. The molecule has 4 rings (SSSR count). The molecule has 2 aliphatic rings. The van der Waals surface area contributed by atoms with E-state index in [9.17, 15) is 49.1 Å². The number of carbonyl (C=O) groups excluding carboxylic acids is 2. The van der Waals surface area contributed by atoms with Crippen LogP contribution >= 0.6 is 0 Å². The van der Waals surface area contributed by atoms with E-state index in [0.717, 1.165) is 30.2 Å². The van der Waals surface area contributed by atoms with Crippen LogP contribution in [0.3, 0.4) is 0 Å². The summed E-state index contributed by atoms with van der Waals surface area (Å²) in [7, 11) is 0.941. The summed E-state index contributed by atoms with van der Waals surface area (Å²) in [5.41, 5.74) is -4.63. The normalized spacial score (nSPS) is 19.0. The minimum Gasteiger partial charge on any atom is -0.453 e. The maximum absolute atomic E-state index is 13.7. The van der Waals surface area contributed by atoms with Gasteiger partial charge in [-0.1, -0.05) is 0 Å². The molecule has 0 bridgehead atoms. The highest BCUT2D eigenvalue weighted by atomic mass is 19.4. The predicted octanol–water partition coefficient (Wildman–Crippen LogP) is 7.85. The fourth-order valence-electron chi connectivity index (χ4n) is 5.27. The van der Waals surface area contributed by atoms with Crippen LogP contribution in [0.5, 0.6) is 0 Å². The Kier molecular flexibility index (Phi) is 8.35. The zero-order chi connectivity index (χ0) is 31.2. The van der Waals surface area contributed by atoms with E-state index in [-0.39, 0.29) is 29.8 Å². The van der Waals surface area contributed by atoms with Crippen molar-refractivity contribution in [2.75, 3.05) is 25.2 Å². The first-order valence-electron chi connectivity index (χ1n) is 12.7. The van der Waals surface area contributed by atoms with Crippen LogP contribution in [-0.2, 0) is 34.5 Å². The van der Waals surface area contributed by atoms with Crippen LogP contribution in [0.4, 0.5) is 54.8 Å². The molecule has 0 aromatic heterocycles. The molecule has 2 aromatic rings. The highest BCUT2D eigenvalue weighted by Crippen LogP contribution is 2.52. The minimum atomic E-state index is -5.14. The minimum absolute atomic E-state index is 0.0312. The molecule has 1 fully saturated rings. The number of rotatable bonds is 6. The van der Waals surface area contributed by atoms with Crippen LogP contribution in [-0.4, -0.2) is 43.4 Å². The highest BCUT2D eigenvalue weighted by molar-refractivity contribution is 5.92. The molecular formula is C27H25F9N2O4. The van der Waals surface area contributed by atoms with E-state index in [1.807, 2.05) is 0 Å². The van der Waals surface area contributed by atoms with Crippen molar-refractivity contribution in [3.05, 3.63) is 64.2 Å². The summed E-state index contributed by atoms with van der Waals surface area (Å²) in [6.45, 7) is 0.226. The Morgan fingerprint density at radius 1 is 0.881 bits per heavy atom. The van der Waals surface area contributed by atoms with E-state index in [2.05, 4.69) is 0 Å². The average Bonchev–Trinajstić information content (AvgIpc) is 3.68. The third-order valence-corrected chi connectivity index (χ3v) is 7.16. The number of fused-ring (bicyclic) bond motifs is 1. The van der Waals surface area contributed by atoms with Gasteiger partial charge in [-0.15, -0.1) is 0 Å². The van der Waals surface area contributed by atoms with Crippen LogP contribution in [0.2, 0.25) is 0 Å². The Labute approximate surface area is 234 Å². The van der Waals surface area contributed by atoms with Gasteiger partial charge in [-0.25, -0.2) is 9.59 Å². The van der Waals surface area contributed by atoms with E-state index in [1.54, 1.807) is 0 Å². The van der Waals surface area contributed by atoms with Gasteiger partial charge < -0.3 is 14.4 Å². The van der Waals surface area contributed by atoms with Crippen LogP contribution in [0.1, 0.15) is 53.5 Å². The van der Waals surface area contributed by atoms with E-state index in [1.165, 1.54) is 11.8 Å². The van der Waals surface area contributed by atoms with E-state index < -0.39 is 78.0 Å². The lowest BCUT2D eigenvalue weighted by Gasteiger charge is -2.31. The molecule has 1 heterocycles. The third-order valence-electron chi connectivity index (χ3n) is 7.16. The Bertz CT molecular complexity index is 1300. The fraction of sp³-hybridized carbons (Fsp3) is 0.481. The van der Waals surface area contributed by atoms with Crippen molar-refractivity contribution in [3.8, 4) is 0 Å². The quantitative estimate of drug-likeness (QED) is 0.312. The zero-order valence-electron chi connectivity index (χ0n) is 22.2. The maximum atomic E-state index is 13.7. The van der Waals surface area contributed by atoms with Gasteiger partial charge in [-0.2, -0.15) is 39.5 Å². The Morgan fingerprint density at radius 3 is 1.93 bits per heavy atom. The molecule has 0 N–H and O–H groups in total. The molecule has 2 atom stereocenters. The Hall–Kier alpha value is -3.65. The van der Waals surface area contributed by atoms with Gasteiger partial charge >= 0.3 is 30.7 Å². The Balaban J connectivity index is 1.79. The number of benzene rings is 2. The number of halogens is 9. The van der Waals surface area contributed by atoms with Crippen LogP contribution in [0.25, 0.3) is 0 Å². The monoisotopic (exact) mass is 612 g/mol. The van der Waals surface area contributed by atoms with Gasteiger partial charge in [0.15, 0.2) is 0 Å². The molecular weight excluding hydrogens is 587 g/mol. The van der Waals surface area contributed by atoms with Gasteiger partial charge in [0.05, 0.1) is 42.1 Å². The molecule has 0 spiro atoms. The van der Waals surface area contributed by atoms with Crippen LogP contribution in [0.15, 0.2) is 36.4 Å². The summed E-state index contributed by atoms with van der Waals surface area (Å²) in [6.07, 6.45) is -15.8. The van der Waals surface area contributed by atoms with Gasteiger partial charge in [0.1, 0.15) is 0 Å². The molecule has 15 heteroatoms. The average molecular weight is 612 g/mol. The maximum Gasteiger partial charge on any atom is 0.416 e. The van der Waals surface area contributed by atoms with Gasteiger partial charge in [-0.05, 0) is 73.2 Å². The van der Waals surface area contributed by atoms with Crippen LogP contribution < -0.4 is 4.90 Å². The number of anilines is 1. The topological polar surface area (TPSA) is 59.1 Å². The number of carbonyl (C=O) groups is 2. The second-order valence-electron chi connectivity index (χ2n) is 10.0. The molecule has 2 amide bonds. The number of methoxy groups -OCH3 is 1. The van der Waals surface area contributed by atoms with Gasteiger partial charge in [0, 0.05) is 19.0 Å². The second-order valence-corrected chi connectivity index (χ2v) is 10.0. The van der Waals surface area contributed by atoms with Crippen LogP contribution in [0, 0.1) is 5.92 Å². The number of hydrogen-bond acceptors (Lipinski definition) is 4. The summed E-state index contributed by atoms with van der Waals surface area (Å²) in [4.78, 5) is 27.8. The Morgan fingerprint density at radius 2 is 1.45 bits per heavy atom. The van der Waals surface area contributed by atoms with Crippen molar-refractivity contribution in [3.63, 3.8) is 0 Å². The van der Waals surface area contributed by atoms with Crippen molar-refractivity contribution in [2.45, 2.75) is 56.8 Å². The highest BCUT2D eigenvalue weighted by Gasteiger charge is 2.51. The van der Waals surface area contributed by atoms with Crippen molar-refractivity contribution >= 4 is 17.9 Å². The number of alkyl halides is 9. The first-order valence-corrected chi connectivity index (χ1v) is 12.7. The molecule has 2 aromatic carbocycles. The predicted molar refractivity (Wildman–Crippen MR) is 129 cm³/mol. The summed E-state index contributed by atoms with van der Waals surface area (Å²) >= 11 is 0. The van der Waals surface area contributed by atoms with Gasteiger partial charge in [0.25, 0.3) is 0 Å². The first kappa shape index (κ1) is 31.3. The SMILES string of the molecule is CCOC(=O)N1c2ccc(C(F)(F)F)cc2[C@H](CN(Cc2cc(C(F)(F)F)cc(C(F)(F)F)c2)C(=O)OC)[C@H]1C1CC1. The molecule has 1 aliphatic carbocycles. The summed E-state index contributed by atoms with van der Waals surface area (Å²) in [6, 6.07) is 2.79. The van der Waals surface area contributed by atoms with Crippen molar-refractivity contribution in [1.82, 2.24) is 4.90 Å². The molecule has 1 aliphatic heterocycles. The summed E-state index contributed by atoms with van der Waals surface area (Å²) in [5, 5.41) is 0. The lowest BCUT2D eigenvalue weighted by molar-refractivity contribution is -0.143. The number of nitrogens with zero attached hydrogens (tertiary/aromatic N) is 2. The van der Waals surface area contributed by atoms with E-state index in [0.29, 0.717) is 25.0 Å². The van der Waals surface area contributed by atoms with E-state index >= 15 is 0 Å². The lowest BCUT2D eigenvalue weighted by Crippen LogP contribution is -2.44. The number of amides is 2. The third kappa shape index (κ3) is 6.54. The van der Waals surface area contributed by atoms with Crippen molar-refractivity contribution in [2.24, 2.45) is 5.92 Å². The smallest absolute Gasteiger partial charge is 0.416 e. The number of hydrogen-bond donors (Lipinski definition) is 0. The van der Waals surface area contributed by atoms with Gasteiger partial charge in [0.2, 0.25) is 0 Å². The summed E-state index contributed by atoms with van der Waals surface area (Å²) in [5.74, 6) is -1.20. The molecule has 0 saturated heterocycles. The first-order chi connectivity index (χ1) is 19.5. The van der Waals surface area contributed by atoms with E-state index in [4.69, 9.17) is 9.47 Å². The lowest BCUT2D eigenvalue weighted by atomic mass is 9.90. The molecule has 42 heavy (non-hydrogen) atoms. The zero-order valence-corrected chi connectivity index (χ0v) is 22.2. The molecule has 1 saturated carbocycles. The molecule has 0 unspecified atom stereocenters. The molecule has 6 nitrogen and oxygen atoms in total. The van der Waals surface area contributed by atoms with Crippen molar-refractivity contribution < 1.29 is 58.6 Å². The molecule has 0 radical (unpaired) electrons. The fourth-order valence-corrected chi connectivity index (χ4v) is 5.27. The van der Waals surface area contributed by atoms with Gasteiger partial charge in [-0.3, -0.25) is 4.90 Å². The van der Waals surface area contributed by atoms with Crippen molar-refractivity contribution in [1.29, 1.82) is 0 Å². The number of ether oxygens (including phenoxy) is 2.